The van der Waals surface area contributed by atoms with Crippen LogP contribution in [0.3, 0.4) is 0 Å². The zero-order valence-corrected chi connectivity index (χ0v) is 17.3. The van der Waals surface area contributed by atoms with E-state index in [9.17, 15) is 4.79 Å². The minimum Gasteiger partial charge on any atom is -0.366 e. The molecule has 6 nitrogen and oxygen atoms in total. The SMILES string of the molecule is CN(c1cccc(Cl)c1)c1ncc(C(=O)ONC2CCC2)c2c1ccn2C.Cl. The Kier molecular flexibility index (Phi) is 6.13. The molecule has 0 amide bonds. The summed E-state index contributed by atoms with van der Waals surface area (Å²) in [5.74, 6) is 0.328. The van der Waals surface area contributed by atoms with Gasteiger partial charge in [0.2, 0.25) is 0 Å². The number of fused-ring (bicyclic) bond motifs is 1. The summed E-state index contributed by atoms with van der Waals surface area (Å²) in [6, 6.07) is 9.79. The van der Waals surface area contributed by atoms with Gasteiger partial charge in [0.05, 0.1) is 5.52 Å². The first-order valence-corrected chi connectivity index (χ1v) is 9.32. The number of hydrogen-bond donors (Lipinski definition) is 1. The molecule has 3 aromatic rings. The summed E-state index contributed by atoms with van der Waals surface area (Å²) in [4.78, 5) is 24.4. The molecule has 8 heteroatoms. The Bertz CT molecular complexity index is 1000. The van der Waals surface area contributed by atoms with Crippen LogP contribution in [0.2, 0.25) is 5.02 Å². The Morgan fingerprint density at radius 3 is 2.82 bits per heavy atom. The lowest BCUT2D eigenvalue weighted by Gasteiger charge is -2.25. The molecule has 4 rings (SSSR count). The third-order valence-electron chi connectivity index (χ3n) is 5.04. The minimum atomic E-state index is -0.418. The summed E-state index contributed by atoms with van der Waals surface area (Å²) in [7, 11) is 3.83. The van der Waals surface area contributed by atoms with E-state index in [-0.39, 0.29) is 18.4 Å². The number of benzene rings is 1. The van der Waals surface area contributed by atoms with Crippen LogP contribution in [0.1, 0.15) is 29.6 Å². The summed E-state index contributed by atoms with van der Waals surface area (Å²) < 4.78 is 1.91. The highest BCUT2D eigenvalue weighted by molar-refractivity contribution is 6.30. The van der Waals surface area contributed by atoms with Gasteiger partial charge in [-0.1, -0.05) is 24.1 Å². The van der Waals surface area contributed by atoms with Crippen molar-refractivity contribution in [1.82, 2.24) is 15.0 Å². The zero-order chi connectivity index (χ0) is 19.0. The number of rotatable bonds is 5. The fraction of sp³-hybridized carbons (Fsp3) is 0.300. The summed E-state index contributed by atoms with van der Waals surface area (Å²) in [5.41, 5.74) is 4.99. The number of aryl methyl sites for hydroxylation is 1. The molecule has 2 heterocycles. The van der Waals surface area contributed by atoms with E-state index in [1.165, 1.54) is 6.42 Å². The topological polar surface area (TPSA) is 59.4 Å². The molecule has 2 aromatic heterocycles. The molecular formula is C20H22Cl2N4O2. The number of hydroxylamine groups is 1. The van der Waals surface area contributed by atoms with Crippen molar-refractivity contribution in [3.8, 4) is 0 Å². The van der Waals surface area contributed by atoms with Crippen LogP contribution in [-0.4, -0.2) is 28.6 Å². The number of halogens is 2. The van der Waals surface area contributed by atoms with Crippen LogP contribution in [-0.2, 0) is 11.9 Å². The maximum atomic E-state index is 12.6. The second kappa shape index (κ2) is 8.39. The fourth-order valence-corrected chi connectivity index (χ4v) is 3.43. The monoisotopic (exact) mass is 420 g/mol. The molecule has 1 N–H and O–H groups in total. The summed E-state index contributed by atoms with van der Waals surface area (Å²) in [5, 5.41) is 1.53. The molecule has 0 atom stereocenters. The van der Waals surface area contributed by atoms with Crippen molar-refractivity contribution < 1.29 is 9.63 Å². The van der Waals surface area contributed by atoms with E-state index in [0.29, 0.717) is 10.6 Å². The normalized spacial score (nSPS) is 13.7. The van der Waals surface area contributed by atoms with Crippen molar-refractivity contribution in [1.29, 1.82) is 0 Å². The minimum absolute atomic E-state index is 0. The number of anilines is 2. The van der Waals surface area contributed by atoms with Crippen molar-refractivity contribution in [2.75, 3.05) is 11.9 Å². The zero-order valence-electron chi connectivity index (χ0n) is 15.7. The van der Waals surface area contributed by atoms with Gasteiger partial charge in [-0.15, -0.1) is 17.9 Å². The van der Waals surface area contributed by atoms with Crippen LogP contribution in [0.5, 0.6) is 0 Å². The van der Waals surface area contributed by atoms with E-state index in [2.05, 4.69) is 10.5 Å². The van der Waals surface area contributed by atoms with Crippen LogP contribution in [0.15, 0.2) is 42.7 Å². The molecule has 0 aliphatic heterocycles. The van der Waals surface area contributed by atoms with Gasteiger partial charge in [-0.05, 0) is 37.1 Å². The Hall–Kier alpha value is -2.28. The number of nitrogens with one attached hydrogen (secondary N) is 1. The molecule has 0 bridgehead atoms. The van der Waals surface area contributed by atoms with Gasteiger partial charge in [-0.2, -0.15) is 0 Å². The molecule has 1 aromatic carbocycles. The lowest BCUT2D eigenvalue weighted by molar-refractivity contribution is 0.00605. The van der Waals surface area contributed by atoms with Gasteiger partial charge in [0.25, 0.3) is 0 Å². The lowest BCUT2D eigenvalue weighted by Crippen LogP contribution is -2.36. The Labute approximate surface area is 174 Å². The third kappa shape index (κ3) is 3.81. The first-order valence-electron chi connectivity index (χ1n) is 8.94. The van der Waals surface area contributed by atoms with Crippen LogP contribution < -0.4 is 10.4 Å². The van der Waals surface area contributed by atoms with Gasteiger partial charge in [-0.25, -0.2) is 9.78 Å². The second-order valence-electron chi connectivity index (χ2n) is 6.86. The van der Waals surface area contributed by atoms with Crippen LogP contribution in [0.25, 0.3) is 10.9 Å². The highest BCUT2D eigenvalue weighted by atomic mass is 35.5. The first-order chi connectivity index (χ1) is 13.0. The smallest absolute Gasteiger partial charge is 0.360 e. The lowest BCUT2D eigenvalue weighted by atomic mass is 9.94. The molecule has 0 spiro atoms. The standard InChI is InChI=1S/C20H21ClN4O2.ClH/c1-24-10-9-16-18(24)17(20(26)27-23-14-6-4-7-14)12-22-19(16)25(2)15-8-3-5-13(21)11-15;/h3,5,8-12,14,23H,4,6-7H2,1-2H3;1H. The molecular weight excluding hydrogens is 399 g/mol. The van der Waals surface area contributed by atoms with Crippen molar-refractivity contribution >= 4 is 52.4 Å². The van der Waals surface area contributed by atoms with Crippen LogP contribution in [0, 0.1) is 0 Å². The summed E-state index contributed by atoms with van der Waals surface area (Å²) >= 11 is 6.12. The fourth-order valence-electron chi connectivity index (χ4n) is 3.24. The molecule has 0 unspecified atom stereocenters. The van der Waals surface area contributed by atoms with Gasteiger partial charge in [0.15, 0.2) is 0 Å². The van der Waals surface area contributed by atoms with Crippen LogP contribution in [0.4, 0.5) is 11.5 Å². The Morgan fingerprint density at radius 2 is 2.14 bits per heavy atom. The van der Waals surface area contributed by atoms with Crippen LogP contribution >= 0.6 is 24.0 Å². The molecule has 0 saturated heterocycles. The summed E-state index contributed by atoms with van der Waals surface area (Å²) in [6.45, 7) is 0. The van der Waals surface area contributed by atoms with Crippen molar-refractivity contribution in [3.63, 3.8) is 0 Å². The second-order valence-corrected chi connectivity index (χ2v) is 7.29. The molecule has 1 aliphatic rings. The van der Waals surface area contributed by atoms with Gasteiger partial charge in [0, 0.05) is 48.6 Å². The Balaban J connectivity index is 0.00000225. The maximum absolute atomic E-state index is 12.6. The number of carbonyl (C=O) groups is 1. The Morgan fingerprint density at radius 1 is 1.36 bits per heavy atom. The third-order valence-corrected chi connectivity index (χ3v) is 5.28. The highest BCUT2D eigenvalue weighted by Gasteiger charge is 2.23. The molecule has 1 aliphatic carbocycles. The molecule has 28 heavy (non-hydrogen) atoms. The van der Waals surface area contributed by atoms with E-state index in [0.717, 1.165) is 35.2 Å². The van der Waals surface area contributed by atoms with E-state index in [1.54, 1.807) is 6.20 Å². The average molecular weight is 421 g/mol. The van der Waals surface area contributed by atoms with E-state index in [1.807, 2.05) is 60.1 Å². The largest absolute Gasteiger partial charge is 0.366 e. The van der Waals surface area contributed by atoms with E-state index >= 15 is 0 Å². The molecule has 0 radical (unpaired) electrons. The van der Waals surface area contributed by atoms with Gasteiger partial charge in [0.1, 0.15) is 11.4 Å². The number of carbonyl (C=O) groups excluding carboxylic acids is 1. The predicted molar refractivity (Wildman–Crippen MR) is 114 cm³/mol. The van der Waals surface area contributed by atoms with Gasteiger partial charge >= 0.3 is 5.97 Å². The maximum Gasteiger partial charge on any atom is 0.360 e. The van der Waals surface area contributed by atoms with Crippen molar-refractivity contribution in [3.05, 3.63) is 53.3 Å². The summed E-state index contributed by atoms with van der Waals surface area (Å²) in [6.07, 6.45) is 6.73. The number of aromatic nitrogens is 2. The predicted octanol–water partition coefficient (Wildman–Crippen LogP) is 4.63. The van der Waals surface area contributed by atoms with Gasteiger partial charge < -0.3 is 14.3 Å². The first kappa shape index (κ1) is 20.5. The number of hydrogen-bond acceptors (Lipinski definition) is 5. The van der Waals surface area contributed by atoms with E-state index < -0.39 is 5.97 Å². The highest BCUT2D eigenvalue weighted by Crippen LogP contribution is 2.32. The quantitative estimate of drug-likeness (QED) is 0.609. The van der Waals surface area contributed by atoms with Gasteiger partial charge in [-0.3, -0.25) is 0 Å². The average Bonchev–Trinajstić information content (AvgIpc) is 3.01. The number of nitrogens with zero attached hydrogens (tertiary/aromatic N) is 3. The van der Waals surface area contributed by atoms with Crippen molar-refractivity contribution in [2.45, 2.75) is 25.3 Å². The number of pyridine rings is 1. The molecule has 1 fully saturated rings. The van der Waals surface area contributed by atoms with E-state index in [4.69, 9.17) is 16.4 Å². The molecule has 148 valence electrons. The van der Waals surface area contributed by atoms with Crippen molar-refractivity contribution in [2.24, 2.45) is 7.05 Å². The molecule has 1 saturated carbocycles.